The van der Waals surface area contributed by atoms with Gasteiger partial charge in [0, 0.05) is 19.0 Å². The number of nitrogens with one attached hydrogen (secondary N) is 1. The molecule has 2 N–H and O–H groups in total. The van der Waals surface area contributed by atoms with Crippen LogP contribution in [0.25, 0.3) is 0 Å². The first-order valence-corrected chi connectivity index (χ1v) is 11.7. The molecule has 0 spiro atoms. The first-order chi connectivity index (χ1) is 15.0. The molecule has 0 aliphatic rings. The molecule has 0 aliphatic heterocycles. The van der Waals surface area contributed by atoms with Crippen molar-refractivity contribution in [2.24, 2.45) is 0 Å². The molecule has 164 valence electrons. The number of aryl methyl sites for hydroxylation is 2. The number of ether oxygens (including phenoxy) is 1. The van der Waals surface area contributed by atoms with E-state index < -0.39 is 5.97 Å². The van der Waals surface area contributed by atoms with E-state index in [-0.39, 0.29) is 6.42 Å². The molecule has 0 aliphatic carbocycles. The molecule has 0 unspecified atom stereocenters. The second-order valence-electron chi connectivity index (χ2n) is 7.91. The van der Waals surface area contributed by atoms with E-state index in [2.05, 4.69) is 54.2 Å². The van der Waals surface area contributed by atoms with Gasteiger partial charge in [0.25, 0.3) is 0 Å². The lowest BCUT2D eigenvalue weighted by molar-refractivity contribution is -0.136. The summed E-state index contributed by atoms with van der Waals surface area (Å²) in [4.78, 5) is 10.5. The van der Waals surface area contributed by atoms with Crippen molar-refractivity contribution in [2.45, 2.75) is 45.6 Å². The van der Waals surface area contributed by atoms with Gasteiger partial charge in [-0.2, -0.15) is 11.3 Å². The third kappa shape index (κ3) is 7.23. The fourth-order valence-electron chi connectivity index (χ4n) is 3.59. The lowest BCUT2D eigenvalue weighted by Gasteiger charge is -2.18. The van der Waals surface area contributed by atoms with Crippen molar-refractivity contribution < 1.29 is 14.6 Å². The summed E-state index contributed by atoms with van der Waals surface area (Å²) in [6, 6.07) is 17.0. The Bertz CT molecular complexity index is 951. The molecular formula is C26H31NO3S. The number of rotatable bonds is 12. The minimum absolute atomic E-state index is 0.135. The molecule has 0 bridgehead atoms. The molecule has 1 aromatic heterocycles. The van der Waals surface area contributed by atoms with Crippen LogP contribution in [0, 0.1) is 13.8 Å². The fraction of sp³-hybridized carbons (Fsp3) is 0.346. The molecule has 0 saturated carbocycles. The Labute approximate surface area is 188 Å². The maximum Gasteiger partial charge on any atom is 0.304 e. The number of carboxylic acids is 1. The van der Waals surface area contributed by atoms with Crippen molar-refractivity contribution in [3.05, 3.63) is 87.1 Å². The normalized spacial score (nSPS) is 11.9. The summed E-state index contributed by atoms with van der Waals surface area (Å²) in [5.74, 6) is 0.482. The summed E-state index contributed by atoms with van der Waals surface area (Å²) in [6.45, 7) is 6.15. The van der Waals surface area contributed by atoms with E-state index in [1.807, 2.05) is 24.3 Å². The van der Waals surface area contributed by atoms with Crippen molar-refractivity contribution >= 4 is 17.3 Å². The average molecular weight is 438 g/mol. The zero-order valence-electron chi connectivity index (χ0n) is 18.3. The maximum absolute atomic E-state index is 10.5. The molecule has 1 atom stereocenters. The largest absolute Gasteiger partial charge is 0.494 e. The van der Waals surface area contributed by atoms with Gasteiger partial charge in [0.1, 0.15) is 5.75 Å². The Morgan fingerprint density at radius 3 is 2.55 bits per heavy atom. The Kier molecular flexibility index (Phi) is 8.68. The number of aliphatic carboxylic acids is 1. The van der Waals surface area contributed by atoms with Gasteiger partial charge in [-0.3, -0.25) is 4.79 Å². The van der Waals surface area contributed by atoms with E-state index in [0.717, 1.165) is 24.2 Å². The van der Waals surface area contributed by atoms with Crippen LogP contribution in [0.5, 0.6) is 5.75 Å². The number of benzene rings is 2. The molecule has 1 heterocycles. The van der Waals surface area contributed by atoms with Crippen LogP contribution in [0.1, 0.15) is 53.0 Å². The first kappa shape index (κ1) is 23.0. The van der Waals surface area contributed by atoms with Gasteiger partial charge in [0.2, 0.25) is 0 Å². The van der Waals surface area contributed by atoms with E-state index in [4.69, 9.17) is 9.84 Å². The number of hydrogen-bond donors (Lipinski definition) is 2. The van der Waals surface area contributed by atoms with E-state index in [9.17, 15) is 4.79 Å². The van der Waals surface area contributed by atoms with Crippen LogP contribution in [-0.2, 0) is 11.3 Å². The SMILES string of the molecule is Cc1ccc([C@H](CCCOc2ccc(CNCCC(=O)O)cc2)c2ccsc2)cc1C. The summed E-state index contributed by atoms with van der Waals surface area (Å²) in [6.07, 6.45) is 2.16. The summed E-state index contributed by atoms with van der Waals surface area (Å²) >= 11 is 1.75. The maximum atomic E-state index is 10.5. The zero-order chi connectivity index (χ0) is 22.1. The van der Waals surface area contributed by atoms with Crippen molar-refractivity contribution in [3.8, 4) is 5.75 Å². The van der Waals surface area contributed by atoms with Crippen LogP contribution in [0.4, 0.5) is 0 Å². The van der Waals surface area contributed by atoms with Crippen LogP contribution in [0.2, 0.25) is 0 Å². The highest BCUT2D eigenvalue weighted by Crippen LogP contribution is 2.32. The zero-order valence-corrected chi connectivity index (χ0v) is 19.1. The monoisotopic (exact) mass is 437 g/mol. The molecular weight excluding hydrogens is 406 g/mol. The predicted molar refractivity (Wildman–Crippen MR) is 127 cm³/mol. The smallest absolute Gasteiger partial charge is 0.304 e. The molecule has 0 fully saturated rings. The van der Waals surface area contributed by atoms with Gasteiger partial charge in [-0.25, -0.2) is 0 Å². The standard InChI is InChI=1S/C26H31NO3S/c1-19-5-8-22(16-20(19)2)25(23-12-15-31-18-23)4-3-14-30-24-9-6-21(7-10-24)17-27-13-11-26(28)29/h5-10,12,15-16,18,25,27H,3-4,11,13-14,17H2,1-2H3,(H,28,29)/t25-/m0/s1. The van der Waals surface area contributed by atoms with Gasteiger partial charge >= 0.3 is 5.97 Å². The summed E-state index contributed by atoms with van der Waals surface area (Å²) in [5.41, 5.74) is 6.54. The molecule has 0 saturated heterocycles. The van der Waals surface area contributed by atoms with Crippen molar-refractivity contribution in [2.75, 3.05) is 13.2 Å². The minimum atomic E-state index is -0.782. The van der Waals surface area contributed by atoms with Gasteiger partial charge < -0.3 is 15.2 Å². The quantitative estimate of drug-likeness (QED) is 0.345. The topological polar surface area (TPSA) is 58.6 Å². The van der Waals surface area contributed by atoms with E-state index in [1.54, 1.807) is 11.3 Å². The van der Waals surface area contributed by atoms with Gasteiger partial charge in [-0.1, -0.05) is 30.3 Å². The van der Waals surface area contributed by atoms with Gasteiger partial charge in [-0.15, -0.1) is 0 Å². The highest BCUT2D eigenvalue weighted by atomic mass is 32.1. The molecule has 3 aromatic rings. The Balaban J connectivity index is 1.48. The first-order valence-electron chi connectivity index (χ1n) is 10.8. The average Bonchev–Trinajstić information content (AvgIpc) is 3.29. The van der Waals surface area contributed by atoms with Crippen LogP contribution in [0.3, 0.4) is 0 Å². The van der Waals surface area contributed by atoms with Crippen LogP contribution in [0.15, 0.2) is 59.3 Å². The van der Waals surface area contributed by atoms with E-state index >= 15 is 0 Å². The highest BCUT2D eigenvalue weighted by molar-refractivity contribution is 7.08. The second-order valence-corrected chi connectivity index (χ2v) is 8.69. The lowest BCUT2D eigenvalue weighted by atomic mass is 9.87. The Morgan fingerprint density at radius 1 is 1.06 bits per heavy atom. The fourth-order valence-corrected chi connectivity index (χ4v) is 4.30. The molecule has 0 radical (unpaired) electrons. The molecule has 2 aromatic carbocycles. The minimum Gasteiger partial charge on any atom is -0.494 e. The number of carbonyl (C=O) groups is 1. The lowest BCUT2D eigenvalue weighted by Crippen LogP contribution is -2.17. The van der Waals surface area contributed by atoms with Crippen LogP contribution >= 0.6 is 11.3 Å². The third-order valence-electron chi connectivity index (χ3n) is 5.55. The molecule has 0 amide bonds. The second kappa shape index (κ2) is 11.7. The molecule has 5 heteroatoms. The van der Waals surface area contributed by atoms with Gasteiger partial charge in [0.05, 0.1) is 13.0 Å². The van der Waals surface area contributed by atoms with Crippen molar-refractivity contribution in [1.82, 2.24) is 5.32 Å². The Hall–Kier alpha value is -2.63. The molecule has 4 nitrogen and oxygen atoms in total. The van der Waals surface area contributed by atoms with E-state index in [1.165, 1.54) is 22.3 Å². The van der Waals surface area contributed by atoms with Crippen LogP contribution < -0.4 is 10.1 Å². The van der Waals surface area contributed by atoms with Crippen molar-refractivity contribution in [1.29, 1.82) is 0 Å². The van der Waals surface area contributed by atoms with Crippen LogP contribution in [-0.4, -0.2) is 24.2 Å². The van der Waals surface area contributed by atoms with Gasteiger partial charge in [-0.05, 0) is 83.5 Å². The van der Waals surface area contributed by atoms with Crippen molar-refractivity contribution in [3.63, 3.8) is 0 Å². The number of carboxylic acid groups (broad SMARTS) is 1. The molecule has 31 heavy (non-hydrogen) atoms. The number of hydrogen-bond acceptors (Lipinski definition) is 4. The van der Waals surface area contributed by atoms with E-state index in [0.29, 0.717) is 25.6 Å². The summed E-state index contributed by atoms with van der Waals surface area (Å²) in [5, 5.41) is 16.2. The summed E-state index contributed by atoms with van der Waals surface area (Å²) in [7, 11) is 0. The van der Waals surface area contributed by atoms with Gasteiger partial charge in [0.15, 0.2) is 0 Å². The third-order valence-corrected chi connectivity index (χ3v) is 6.25. The number of thiophene rings is 1. The predicted octanol–water partition coefficient (Wildman–Crippen LogP) is 5.92. The molecule has 3 rings (SSSR count). The highest BCUT2D eigenvalue weighted by Gasteiger charge is 2.15. The summed E-state index contributed by atoms with van der Waals surface area (Å²) < 4.78 is 5.97. The Morgan fingerprint density at radius 2 is 1.87 bits per heavy atom.